The zero-order chi connectivity index (χ0) is 17.1. The lowest BCUT2D eigenvalue weighted by atomic mass is 10.2. The molecule has 0 bridgehead atoms. The maximum absolute atomic E-state index is 6.13. The van der Waals surface area contributed by atoms with E-state index in [1.165, 1.54) is 0 Å². The second-order valence-corrected chi connectivity index (χ2v) is 6.27. The lowest BCUT2D eigenvalue weighted by Crippen LogP contribution is -2.08. The molecule has 25 heavy (non-hydrogen) atoms. The van der Waals surface area contributed by atoms with E-state index in [4.69, 9.17) is 21.3 Å². The number of halogens is 1. The molecule has 0 aliphatic rings. The van der Waals surface area contributed by atoms with Crippen LogP contribution in [0, 0.1) is 0 Å². The number of benzene rings is 3. The van der Waals surface area contributed by atoms with Gasteiger partial charge in [-0.15, -0.1) is 0 Å². The summed E-state index contributed by atoms with van der Waals surface area (Å²) in [4.78, 5) is 4.75. The molecule has 1 heterocycles. The molecule has 0 saturated heterocycles. The summed E-state index contributed by atoms with van der Waals surface area (Å²) in [5.74, 6) is 1.73. The van der Waals surface area contributed by atoms with Gasteiger partial charge in [0.15, 0.2) is 0 Å². The highest BCUT2D eigenvalue weighted by Gasteiger charge is 2.11. The maximum atomic E-state index is 6.13. The molecule has 124 valence electrons. The van der Waals surface area contributed by atoms with E-state index in [0.717, 1.165) is 33.2 Å². The summed E-state index contributed by atoms with van der Waals surface area (Å²) in [6, 6.07) is 25.8. The monoisotopic (exact) mass is 348 g/mol. The Hall–Kier alpha value is -2.78. The standard InChI is InChI=1S/C21H17ClN2O/c22-17-8-6-7-16(13-17)14-24-20-12-5-4-11-19(20)23-21(24)15-25-18-9-2-1-3-10-18/h1-13H,14-15H2. The summed E-state index contributed by atoms with van der Waals surface area (Å²) in [6.45, 7) is 1.12. The van der Waals surface area contributed by atoms with Crippen molar-refractivity contribution in [3.05, 3.63) is 95.3 Å². The minimum Gasteiger partial charge on any atom is -0.486 e. The van der Waals surface area contributed by atoms with Crippen molar-refractivity contribution in [3.8, 4) is 5.75 Å². The van der Waals surface area contributed by atoms with Crippen LogP contribution in [-0.4, -0.2) is 9.55 Å². The highest BCUT2D eigenvalue weighted by atomic mass is 35.5. The van der Waals surface area contributed by atoms with Crippen LogP contribution in [0.5, 0.6) is 5.75 Å². The van der Waals surface area contributed by atoms with E-state index in [-0.39, 0.29) is 0 Å². The Balaban J connectivity index is 1.68. The SMILES string of the molecule is Clc1cccc(Cn2c(COc3ccccc3)nc3ccccc32)c1. The van der Waals surface area contributed by atoms with Gasteiger partial charge in [0.1, 0.15) is 18.2 Å². The largest absolute Gasteiger partial charge is 0.486 e. The van der Waals surface area contributed by atoms with Crippen molar-refractivity contribution in [2.24, 2.45) is 0 Å². The fraction of sp³-hybridized carbons (Fsp3) is 0.0952. The number of para-hydroxylation sites is 3. The fourth-order valence-electron chi connectivity index (χ4n) is 2.89. The van der Waals surface area contributed by atoms with Crippen molar-refractivity contribution < 1.29 is 4.74 Å². The van der Waals surface area contributed by atoms with Gasteiger partial charge < -0.3 is 9.30 Å². The molecule has 3 nitrogen and oxygen atoms in total. The third kappa shape index (κ3) is 3.52. The average molecular weight is 349 g/mol. The second kappa shape index (κ2) is 6.99. The number of ether oxygens (including phenoxy) is 1. The van der Waals surface area contributed by atoms with E-state index in [1.54, 1.807) is 0 Å². The fourth-order valence-corrected chi connectivity index (χ4v) is 3.11. The molecule has 0 atom stereocenters. The number of hydrogen-bond donors (Lipinski definition) is 0. The second-order valence-electron chi connectivity index (χ2n) is 5.83. The number of aromatic nitrogens is 2. The maximum Gasteiger partial charge on any atom is 0.148 e. The molecular weight excluding hydrogens is 332 g/mol. The lowest BCUT2D eigenvalue weighted by molar-refractivity contribution is 0.291. The Morgan fingerprint density at radius 2 is 1.68 bits per heavy atom. The molecule has 0 spiro atoms. The molecule has 0 amide bonds. The van der Waals surface area contributed by atoms with E-state index in [1.807, 2.05) is 66.7 Å². The summed E-state index contributed by atoms with van der Waals surface area (Å²) in [6.07, 6.45) is 0. The van der Waals surface area contributed by atoms with E-state index in [2.05, 4.69) is 16.7 Å². The minimum absolute atomic E-state index is 0.416. The molecule has 0 radical (unpaired) electrons. The predicted octanol–water partition coefficient (Wildman–Crippen LogP) is 5.32. The average Bonchev–Trinajstić information content (AvgIpc) is 2.99. The first-order valence-corrected chi connectivity index (χ1v) is 8.54. The molecule has 0 N–H and O–H groups in total. The van der Waals surface area contributed by atoms with Crippen molar-refractivity contribution >= 4 is 22.6 Å². The van der Waals surface area contributed by atoms with Crippen LogP contribution in [0.3, 0.4) is 0 Å². The van der Waals surface area contributed by atoms with Gasteiger partial charge in [0.05, 0.1) is 11.0 Å². The summed E-state index contributed by atoms with van der Waals surface area (Å²) >= 11 is 6.13. The van der Waals surface area contributed by atoms with Crippen LogP contribution in [0.15, 0.2) is 78.9 Å². The summed E-state index contributed by atoms with van der Waals surface area (Å²) in [7, 11) is 0. The summed E-state index contributed by atoms with van der Waals surface area (Å²) in [5.41, 5.74) is 3.20. The Morgan fingerprint density at radius 3 is 2.52 bits per heavy atom. The van der Waals surface area contributed by atoms with Crippen molar-refractivity contribution in [1.29, 1.82) is 0 Å². The number of nitrogens with zero attached hydrogens (tertiary/aromatic N) is 2. The molecule has 0 aliphatic carbocycles. The van der Waals surface area contributed by atoms with Crippen LogP contribution in [0.25, 0.3) is 11.0 Å². The summed E-state index contributed by atoms with van der Waals surface area (Å²) < 4.78 is 8.10. The summed E-state index contributed by atoms with van der Waals surface area (Å²) in [5, 5.41) is 0.740. The first-order valence-electron chi connectivity index (χ1n) is 8.16. The van der Waals surface area contributed by atoms with E-state index in [0.29, 0.717) is 13.2 Å². The molecule has 0 aliphatic heterocycles. The van der Waals surface area contributed by atoms with Crippen molar-refractivity contribution in [3.63, 3.8) is 0 Å². The molecule has 4 heteroatoms. The zero-order valence-corrected chi connectivity index (χ0v) is 14.4. The van der Waals surface area contributed by atoms with E-state index >= 15 is 0 Å². The van der Waals surface area contributed by atoms with Crippen LogP contribution >= 0.6 is 11.6 Å². The molecule has 3 aromatic carbocycles. The minimum atomic E-state index is 0.416. The van der Waals surface area contributed by atoms with Gasteiger partial charge in [-0.3, -0.25) is 0 Å². The van der Waals surface area contributed by atoms with Crippen molar-refractivity contribution in [1.82, 2.24) is 9.55 Å². The molecule has 0 saturated carbocycles. The zero-order valence-electron chi connectivity index (χ0n) is 13.6. The first kappa shape index (κ1) is 15.7. The van der Waals surface area contributed by atoms with Gasteiger partial charge in [-0.1, -0.05) is 54.1 Å². The van der Waals surface area contributed by atoms with Crippen LogP contribution in [-0.2, 0) is 13.2 Å². The quantitative estimate of drug-likeness (QED) is 0.488. The Kier molecular flexibility index (Phi) is 4.40. The van der Waals surface area contributed by atoms with Gasteiger partial charge in [0, 0.05) is 11.6 Å². The van der Waals surface area contributed by atoms with Crippen LogP contribution in [0.2, 0.25) is 5.02 Å². The smallest absolute Gasteiger partial charge is 0.148 e. The predicted molar refractivity (Wildman–Crippen MR) is 101 cm³/mol. The Labute approximate surface area is 151 Å². The van der Waals surface area contributed by atoms with E-state index in [9.17, 15) is 0 Å². The Morgan fingerprint density at radius 1 is 0.880 bits per heavy atom. The molecule has 0 unspecified atom stereocenters. The highest BCUT2D eigenvalue weighted by Crippen LogP contribution is 2.21. The van der Waals surface area contributed by atoms with Crippen LogP contribution in [0.1, 0.15) is 11.4 Å². The van der Waals surface area contributed by atoms with E-state index < -0.39 is 0 Å². The van der Waals surface area contributed by atoms with Gasteiger partial charge >= 0.3 is 0 Å². The molecule has 4 aromatic rings. The highest BCUT2D eigenvalue weighted by molar-refractivity contribution is 6.30. The van der Waals surface area contributed by atoms with Crippen LogP contribution < -0.4 is 4.74 Å². The van der Waals surface area contributed by atoms with Crippen molar-refractivity contribution in [2.75, 3.05) is 0 Å². The Bertz CT molecular complexity index is 995. The molecular formula is C21H17ClN2O. The number of rotatable bonds is 5. The lowest BCUT2D eigenvalue weighted by Gasteiger charge is -2.11. The van der Waals surface area contributed by atoms with Gasteiger partial charge in [-0.05, 0) is 42.0 Å². The number of hydrogen-bond acceptors (Lipinski definition) is 2. The topological polar surface area (TPSA) is 27.1 Å². The number of imidazole rings is 1. The molecule has 4 rings (SSSR count). The third-order valence-electron chi connectivity index (χ3n) is 4.07. The molecule has 0 fully saturated rings. The van der Waals surface area contributed by atoms with Crippen molar-refractivity contribution in [2.45, 2.75) is 13.2 Å². The molecule has 1 aromatic heterocycles. The van der Waals surface area contributed by atoms with Gasteiger partial charge in [0.2, 0.25) is 0 Å². The van der Waals surface area contributed by atoms with Crippen LogP contribution in [0.4, 0.5) is 0 Å². The van der Waals surface area contributed by atoms with Gasteiger partial charge in [-0.2, -0.15) is 0 Å². The first-order chi connectivity index (χ1) is 12.3. The number of fused-ring (bicyclic) bond motifs is 1. The van der Waals surface area contributed by atoms with Gasteiger partial charge in [-0.25, -0.2) is 4.98 Å². The third-order valence-corrected chi connectivity index (χ3v) is 4.31. The normalized spacial score (nSPS) is 10.9. The van der Waals surface area contributed by atoms with Gasteiger partial charge in [0.25, 0.3) is 0 Å².